The molecule has 1 atom stereocenters. The molecule has 0 spiro atoms. The van der Waals surface area contributed by atoms with Crippen LogP contribution in [0.1, 0.15) is 62.9 Å². The Kier molecular flexibility index (Phi) is 4.93. The molecule has 7 nitrogen and oxygen atoms in total. The minimum Gasteiger partial charge on any atom is -0.459 e. The van der Waals surface area contributed by atoms with E-state index >= 15 is 0 Å². The summed E-state index contributed by atoms with van der Waals surface area (Å²) in [6, 6.07) is 2.41. The van der Waals surface area contributed by atoms with Gasteiger partial charge in [0.2, 0.25) is 5.91 Å². The van der Waals surface area contributed by atoms with E-state index in [2.05, 4.69) is 16.2 Å². The fraction of sp³-hybridized carbons (Fsp3) is 0.667. The maximum atomic E-state index is 13.2. The Hall–Kier alpha value is -2.31. The quantitative estimate of drug-likeness (QED) is 0.676. The second-order valence-corrected chi connectivity index (χ2v) is 9.31. The maximum absolute atomic E-state index is 13.2. The van der Waals surface area contributed by atoms with E-state index in [4.69, 9.17) is 4.42 Å². The highest BCUT2D eigenvalue weighted by atomic mass is 16.3. The van der Waals surface area contributed by atoms with Crippen LogP contribution in [0.5, 0.6) is 0 Å². The van der Waals surface area contributed by atoms with Crippen molar-refractivity contribution in [2.75, 3.05) is 0 Å². The molecule has 3 amide bonds. The third-order valence-electron chi connectivity index (χ3n) is 6.80. The summed E-state index contributed by atoms with van der Waals surface area (Å²) < 4.78 is 5.00. The van der Waals surface area contributed by atoms with Crippen LogP contribution in [0.15, 0.2) is 22.8 Å². The van der Waals surface area contributed by atoms with Crippen molar-refractivity contribution in [1.29, 1.82) is 0 Å². The highest BCUT2D eigenvalue weighted by Gasteiger charge is 2.55. The third-order valence-corrected chi connectivity index (χ3v) is 6.80. The molecule has 0 aromatic carbocycles. The summed E-state index contributed by atoms with van der Waals surface area (Å²) in [5, 5.41) is 3.01. The largest absolute Gasteiger partial charge is 0.459 e. The Balaban J connectivity index is 1.38. The highest BCUT2D eigenvalue weighted by molar-refractivity contribution is 5.95. The van der Waals surface area contributed by atoms with Gasteiger partial charge in [-0.05, 0) is 74.3 Å². The van der Waals surface area contributed by atoms with Gasteiger partial charge in [-0.25, -0.2) is 0 Å². The molecular weight excluding hydrogens is 358 g/mol. The molecule has 3 N–H and O–H groups in total. The van der Waals surface area contributed by atoms with Gasteiger partial charge in [0.15, 0.2) is 5.76 Å². The zero-order valence-corrected chi connectivity index (χ0v) is 16.5. The predicted molar refractivity (Wildman–Crippen MR) is 102 cm³/mol. The Morgan fingerprint density at radius 1 is 1.04 bits per heavy atom. The van der Waals surface area contributed by atoms with Crippen LogP contribution in [-0.2, 0) is 9.59 Å². The van der Waals surface area contributed by atoms with E-state index in [1.165, 1.54) is 31.6 Å². The number of amides is 3. The van der Waals surface area contributed by atoms with E-state index in [-0.39, 0.29) is 23.0 Å². The van der Waals surface area contributed by atoms with Gasteiger partial charge < -0.3 is 9.73 Å². The third kappa shape index (κ3) is 3.54. The van der Waals surface area contributed by atoms with Crippen molar-refractivity contribution in [3.63, 3.8) is 0 Å². The lowest BCUT2D eigenvalue weighted by Crippen LogP contribution is -2.59. The summed E-state index contributed by atoms with van der Waals surface area (Å²) in [7, 11) is 0. The smallest absolute Gasteiger partial charge is 0.305 e. The van der Waals surface area contributed by atoms with E-state index in [1.807, 2.05) is 13.8 Å². The molecule has 152 valence electrons. The van der Waals surface area contributed by atoms with Crippen LogP contribution < -0.4 is 16.2 Å². The first-order valence-corrected chi connectivity index (χ1v) is 10.3. The number of hydrogen-bond acceptors (Lipinski definition) is 4. The minimum atomic E-state index is -0.697. The van der Waals surface area contributed by atoms with Gasteiger partial charge in [0, 0.05) is 5.41 Å². The molecule has 5 rings (SSSR count). The molecule has 1 aromatic heterocycles. The van der Waals surface area contributed by atoms with Crippen molar-refractivity contribution < 1.29 is 18.8 Å². The topological polar surface area (TPSA) is 100 Å². The van der Waals surface area contributed by atoms with Gasteiger partial charge in [-0.1, -0.05) is 13.8 Å². The van der Waals surface area contributed by atoms with Crippen molar-refractivity contribution in [2.24, 2.45) is 29.1 Å². The first-order chi connectivity index (χ1) is 13.4. The molecule has 4 fully saturated rings. The van der Waals surface area contributed by atoms with Crippen molar-refractivity contribution in [2.45, 2.75) is 58.4 Å². The number of hydrazine groups is 1. The van der Waals surface area contributed by atoms with Crippen LogP contribution in [0.25, 0.3) is 0 Å². The number of rotatable bonds is 5. The Bertz CT molecular complexity index is 720. The van der Waals surface area contributed by atoms with Crippen molar-refractivity contribution in [3.8, 4) is 0 Å². The Morgan fingerprint density at radius 3 is 2.14 bits per heavy atom. The molecule has 4 aliphatic rings. The van der Waals surface area contributed by atoms with Gasteiger partial charge in [0.1, 0.15) is 6.04 Å². The second-order valence-electron chi connectivity index (χ2n) is 9.31. The number of nitrogens with one attached hydrogen (secondary N) is 3. The lowest BCUT2D eigenvalue weighted by Gasteiger charge is -2.55. The zero-order valence-electron chi connectivity index (χ0n) is 16.5. The number of hydrogen-bond donors (Lipinski definition) is 3. The first kappa shape index (κ1) is 19.0. The monoisotopic (exact) mass is 387 g/mol. The molecule has 4 bridgehead atoms. The number of carbonyl (C=O) groups excluding carboxylic acids is 3. The van der Waals surface area contributed by atoms with Crippen LogP contribution >= 0.6 is 0 Å². The van der Waals surface area contributed by atoms with Crippen LogP contribution in [0.2, 0.25) is 0 Å². The fourth-order valence-corrected chi connectivity index (χ4v) is 5.88. The molecule has 0 radical (unpaired) electrons. The second kappa shape index (κ2) is 7.26. The first-order valence-electron chi connectivity index (χ1n) is 10.3. The average molecular weight is 387 g/mol. The summed E-state index contributed by atoms with van der Waals surface area (Å²) in [5.41, 5.74) is 4.46. The van der Waals surface area contributed by atoms with Gasteiger partial charge in [0.05, 0.1) is 6.26 Å². The van der Waals surface area contributed by atoms with Gasteiger partial charge >= 0.3 is 5.91 Å². The van der Waals surface area contributed by atoms with E-state index in [9.17, 15) is 14.4 Å². The number of furan rings is 1. The zero-order chi connectivity index (χ0) is 19.9. The van der Waals surface area contributed by atoms with Crippen LogP contribution in [0.3, 0.4) is 0 Å². The normalized spacial score (nSPS) is 31.5. The van der Waals surface area contributed by atoms with E-state index < -0.39 is 17.9 Å². The van der Waals surface area contributed by atoms with Crippen molar-refractivity contribution >= 4 is 17.7 Å². The van der Waals surface area contributed by atoms with E-state index in [0.29, 0.717) is 17.8 Å². The lowest BCUT2D eigenvalue weighted by atomic mass is 9.49. The molecule has 0 aliphatic heterocycles. The predicted octanol–water partition coefficient (Wildman–Crippen LogP) is 2.40. The molecule has 28 heavy (non-hydrogen) atoms. The lowest BCUT2D eigenvalue weighted by molar-refractivity contribution is -0.149. The van der Waals surface area contributed by atoms with E-state index in [1.54, 1.807) is 6.07 Å². The molecule has 4 saturated carbocycles. The average Bonchev–Trinajstić information content (AvgIpc) is 3.17. The SMILES string of the molecule is CC(C)C(NC(=O)C12CC3CC(CC(C3)C1)C2)C(=O)NNC(=O)c1ccco1. The minimum absolute atomic E-state index is 0.0119. The van der Waals surface area contributed by atoms with Crippen LogP contribution in [0, 0.1) is 29.1 Å². The van der Waals surface area contributed by atoms with Gasteiger partial charge in [-0.2, -0.15) is 0 Å². The molecule has 1 aromatic rings. The van der Waals surface area contributed by atoms with Crippen LogP contribution in [0.4, 0.5) is 0 Å². The maximum Gasteiger partial charge on any atom is 0.305 e. The van der Waals surface area contributed by atoms with Gasteiger partial charge in [-0.3, -0.25) is 25.2 Å². The van der Waals surface area contributed by atoms with E-state index in [0.717, 1.165) is 19.3 Å². The summed E-state index contributed by atoms with van der Waals surface area (Å²) in [6.07, 6.45) is 8.03. The molecule has 1 heterocycles. The molecule has 4 aliphatic carbocycles. The standard InChI is InChI=1S/C21H29N3O4/c1-12(2)17(19(26)24-23-18(25)16-4-3-5-28-16)22-20(27)21-9-13-6-14(10-21)8-15(7-13)11-21/h3-5,12-15,17H,6-11H2,1-2H3,(H,22,27)(H,23,25)(H,24,26). The van der Waals surface area contributed by atoms with Gasteiger partial charge in [-0.15, -0.1) is 0 Å². The Morgan fingerprint density at radius 2 is 1.64 bits per heavy atom. The molecule has 0 saturated heterocycles. The van der Waals surface area contributed by atoms with Crippen LogP contribution in [-0.4, -0.2) is 23.8 Å². The van der Waals surface area contributed by atoms with Crippen molar-refractivity contribution in [1.82, 2.24) is 16.2 Å². The van der Waals surface area contributed by atoms with Crippen molar-refractivity contribution in [3.05, 3.63) is 24.2 Å². The summed E-state index contributed by atoms with van der Waals surface area (Å²) in [4.78, 5) is 37.8. The molecular formula is C21H29N3O4. The summed E-state index contributed by atoms with van der Waals surface area (Å²) >= 11 is 0. The molecule has 7 heteroatoms. The summed E-state index contributed by atoms with van der Waals surface area (Å²) in [5.74, 6) is 1.05. The summed E-state index contributed by atoms with van der Waals surface area (Å²) in [6.45, 7) is 3.77. The molecule has 1 unspecified atom stereocenters. The fourth-order valence-electron chi connectivity index (χ4n) is 5.88. The Labute approximate surface area is 165 Å². The highest BCUT2D eigenvalue weighted by Crippen LogP contribution is 2.60. The number of carbonyl (C=O) groups is 3. The van der Waals surface area contributed by atoms with Gasteiger partial charge in [0.25, 0.3) is 5.91 Å².